The highest BCUT2D eigenvalue weighted by molar-refractivity contribution is 5.82. The number of rotatable bonds is 8. The van der Waals surface area contributed by atoms with Gasteiger partial charge >= 0.3 is 0 Å². The summed E-state index contributed by atoms with van der Waals surface area (Å²) in [6.45, 7) is 58.9. The first-order valence-electron chi connectivity index (χ1n) is 31.1. The van der Waals surface area contributed by atoms with Crippen molar-refractivity contribution in [3.63, 3.8) is 0 Å². The van der Waals surface area contributed by atoms with Gasteiger partial charge in [-0.3, -0.25) is 19.6 Å². The first-order chi connectivity index (χ1) is 38.7. The fourth-order valence-corrected chi connectivity index (χ4v) is 12.6. The van der Waals surface area contributed by atoms with Gasteiger partial charge < -0.3 is 18.9 Å². The number of aromatic nitrogens is 7. The van der Waals surface area contributed by atoms with Gasteiger partial charge in [0.2, 0.25) is 23.5 Å². The summed E-state index contributed by atoms with van der Waals surface area (Å²) in [5, 5.41) is 8.89. The second-order valence-electron chi connectivity index (χ2n) is 32.2. The summed E-state index contributed by atoms with van der Waals surface area (Å²) in [5.74, 6) is 2.74. The van der Waals surface area contributed by atoms with Crippen LogP contribution >= 0.6 is 0 Å². The summed E-state index contributed by atoms with van der Waals surface area (Å²) in [5.41, 5.74) is 2.50. The zero-order valence-corrected chi connectivity index (χ0v) is 56.5. The third-order valence-electron chi connectivity index (χ3n) is 16.9. The van der Waals surface area contributed by atoms with Gasteiger partial charge in [-0.2, -0.15) is 5.10 Å². The molecule has 0 spiro atoms. The number of benzene rings is 1. The lowest BCUT2D eigenvalue weighted by atomic mass is 9.83. The lowest BCUT2D eigenvalue weighted by Crippen LogP contribution is -2.49. The first kappa shape index (κ1) is 79.0. The number of pyridine rings is 1. The second-order valence-corrected chi connectivity index (χ2v) is 32.2. The number of fused-ring (bicyclic) bond motifs is 1. The summed E-state index contributed by atoms with van der Waals surface area (Å²) in [4.78, 5) is 31.4. The molecule has 0 N–H and O–H groups in total. The topological polar surface area (TPSA) is 140 Å². The van der Waals surface area contributed by atoms with Crippen molar-refractivity contribution in [3.8, 4) is 23.5 Å². The Morgan fingerprint density at radius 2 is 0.727 bits per heavy atom. The minimum Gasteiger partial charge on any atom is -0.473 e. The Kier molecular flexibility index (Phi) is 28.1. The second kappa shape index (κ2) is 31.3. The van der Waals surface area contributed by atoms with Gasteiger partial charge in [-0.05, 0) is 129 Å². The van der Waals surface area contributed by atoms with Gasteiger partial charge in [0.15, 0.2) is 0 Å². The SMILES string of the molecule is C.C.C.C.CC(C)(C)C1CC(Oc2ccccn2)CN1C(C)(C)C.CC(C)(C)C1CC(Oc2cccnn2)CN1C(C)(C)C.CC(C)(C)C1CC(Oc2ccncn2)CN1C(C)(C)C.CC(C)(C)C1CC(Oc2ncnc3ccccc23)CN1C(C)(C)C. The molecule has 4 aliphatic rings. The van der Waals surface area contributed by atoms with Crippen molar-refractivity contribution in [3.05, 3.63) is 91.9 Å². The van der Waals surface area contributed by atoms with Crippen molar-refractivity contribution in [2.24, 2.45) is 21.7 Å². The minimum atomic E-state index is 0. The quantitative estimate of drug-likeness (QED) is 0.145. The Balaban J connectivity index is 0.000000395. The molecule has 0 radical (unpaired) electrons. The highest BCUT2D eigenvalue weighted by Gasteiger charge is 2.48. The van der Waals surface area contributed by atoms with Crippen molar-refractivity contribution < 1.29 is 18.9 Å². The zero-order valence-electron chi connectivity index (χ0n) is 56.5. The number of ether oxygens (including phenoxy) is 4. The van der Waals surface area contributed by atoms with Gasteiger partial charge in [0.1, 0.15) is 37.1 Å². The molecule has 0 bridgehead atoms. The van der Waals surface area contributed by atoms with Gasteiger partial charge in [-0.15, -0.1) is 5.10 Å². The third-order valence-corrected chi connectivity index (χ3v) is 16.9. The molecular formula is C73H127N11O4. The van der Waals surface area contributed by atoms with Gasteiger partial charge in [0.05, 0.1) is 10.9 Å². The summed E-state index contributed by atoms with van der Waals surface area (Å²) in [6.07, 6.45) is 13.3. The van der Waals surface area contributed by atoms with Crippen molar-refractivity contribution >= 4 is 10.9 Å². The van der Waals surface area contributed by atoms with Crippen LogP contribution in [0, 0.1) is 21.7 Å². The van der Waals surface area contributed by atoms with Crippen LogP contribution in [-0.2, 0) is 0 Å². The van der Waals surface area contributed by atoms with Crippen LogP contribution in [0.4, 0.5) is 0 Å². The highest BCUT2D eigenvalue weighted by atomic mass is 16.5. The van der Waals surface area contributed by atoms with E-state index in [9.17, 15) is 0 Å². The molecule has 15 heteroatoms. The van der Waals surface area contributed by atoms with E-state index in [0.29, 0.717) is 41.8 Å². The van der Waals surface area contributed by atoms with E-state index in [4.69, 9.17) is 18.9 Å². The van der Waals surface area contributed by atoms with Crippen LogP contribution in [0.3, 0.4) is 0 Å². The fraction of sp³-hybridized carbons (Fsp3) is 0.712. The zero-order chi connectivity index (χ0) is 62.4. The molecule has 4 fully saturated rings. The normalized spacial score (nSPS) is 23.2. The minimum absolute atomic E-state index is 0. The van der Waals surface area contributed by atoms with Gasteiger partial charge in [-0.1, -0.05) is 131 Å². The molecule has 1 aromatic carbocycles. The average Bonchev–Trinajstić information content (AvgIpc) is 3.85. The van der Waals surface area contributed by atoms with Crippen molar-refractivity contribution in [2.45, 2.75) is 292 Å². The lowest BCUT2D eigenvalue weighted by molar-refractivity contribution is 0.0557. The molecule has 4 aromatic heterocycles. The van der Waals surface area contributed by atoms with Crippen LogP contribution < -0.4 is 18.9 Å². The van der Waals surface area contributed by atoms with Crippen LogP contribution in [0.15, 0.2) is 91.9 Å². The number of likely N-dealkylation sites (tertiary alicyclic amines) is 4. The van der Waals surface area contributed by atoms with Crippen LogP contribution in [0.2, 0.25) is 0 Å². The van der Waals surface area contributed by atoms with E-state index in [-0.39, 0.29) is 97.9 Å². The van der Waals surface area contributed by atoms with Gasteiger partial charge in [0.25, 0.3) is 0 Å². The number of hydrogen-bond acceptors (Lipinski definition) is 15. The Morgan fingerprint density at radius 1 is 0.352 bits per heavy atom. The standard InChI is InChI=1S/C20H29N3O.C17H28N2O.2C16H27N3O.4CH4/c1-19(2,3)17-11-14(12-23(17)20(4,5)6)24-18-15-9-7-8-10-16(15)21-13-22-18;1-16(2,3)14-11-13(12-19(14)17(4,5)6)20-15-9-7-8-10-18-15;1-15(2,3)13-9-12(10-19(13)16(4,5)6)20-14-7-8-17-11-18-14;1-15(2,3)13-10-12(11-19(13)16(4,5)6)20-14-8-7-9-17-18-14;;;;/h7-10,13-14,17H,11-12H2,1-6H3;7-10,13-14H,11-12H2,1-6H3;7-8,11-13H,9-10H2,1-6H3;7-9,12-13H,10-11H2,1-6H3;4*1H4. The Hall–Kier alpha value is -5.09. The molecule has 5 aromatic rings. The first-order valence-corrected chi connectivity index (χ1v) is 31.1. The molecule has 88 heavy (non-hydrogen) atoms. The summed E-state index contributed by atoms with van der Waals surface area (Å²) in [7, 11) is 0. The van der Waals surface area contributed by atoms with Crippen LogP contribution in [0.5, 0.6) is 23.5 Å². The Labute approximate surface area is 537 Å². The number of hydrogen-bond donors (Lipinski definition) is 0. The third kappa shape index (κ3) is 22.4. The lowest BCUT2D eigenvalue weighted by Gasteiger charge is -2.42. The maximum Gasteiger partial charge on any atom is 0.233 e. The molecule has 0 amide bonds. The highest BCUT2D eigenvalue weighted by Crippen LogP contribution is 2.42. The maximum absolute atomic E-state index is 6.35. The van der Waals surface area contributed by atoms with Crippen LogP contribution in [0.1, 0.15) is 222 Å². The molecule has 8 atom stereocenters. The summed E-state index contributed by atoms with van der Waals surface area (Å²) in [6, 6.07) is 21.5. The van der Waals surface area contributed by atoms with E-state index >= 15 is 0 Å². The van der Waals surface area contributed by atoms with Crippen molar-refractivity contribution in [1.82, 2.24) is 54.7 Å². The molecule has 0 saturated carbocycles. The fourth-order valence-electron chi connectivity index (χ4n) is 12.6. The van der Waals surface area contributed by atoms with Crippen molar-refractivity contribution in [1.29, 1.82) is 0 Å². The summed E-state index contributed by atoms with van der Waals surface area (Å²) >= 11 is 0. The average molecular weight is 1220 g/mol. The summed E-state index contributed by atoms with van der Waals surface area (Å²) < 4.78 is 24.5. The molecule has 15 nitrogen and oxygen atoms in total. The largest absolute Gasteiger partial charge is 0.473 e. The maximum atomic E-state index is 6.35. The monoisotopic (exact) mass is 1220 g/mol. The van der Waals surface area contributed by atoms with Gasteiger partial charge in [0, 0.05) is 135 Å². The van der Waals surface area contributed by atoms with Gasteiger partial charge in [-0.25, -0.2) is 24.9 Å². The molecule has 0 aliphatic carbocycles. The molecule has 8 heterocycles. The molecule has 4 aliphatic heterocycles. The van der Waals surface area contributed by atoms with E-state index in [2.05, 4.69) is 221 Å². The smallest absolute Gasteiger partial charge is 0.233 e. The van der Waals surface area contributed by atoms with Crippen LogP contribution in [0.25, 0.3) is 10.9 Å². The van der Waals surface area contributed by atoms with E-state index in [1.807, 2.05) is 60.7 Å². The molecular weight excluding hydrogens is 1090 g/mol. The Morgan fingerprint density at radius 3 is 1.07 bits per heavy atom. The van der Waals surface area contributed by atoms with E-state index in [1.54, 1.807) is 24.9 Å². The Bertz CT molecular complexity index is 2470. The van der Waals surface area contributed by atoms with E-state index in [0.717, 1.165) is 68.6 Å². The van der Waals surface area contributed by atoms with Crippen LogP contribution in [-0.4, -0.2) is 152 Å². The number of nitrogens with zero attached hydrogens (tertiary/aromatic N) is 11. The van der Waals surface area contributed by atoms with E-state index < -0.39 is 0 Å². The molecule has 9 rings (SSSR count). The van der Waals surface area contributed by atoms with E-state index in [1.165, 1.54) is 6.33 Å². The molecule has 8 unspecified atom stereocenters. The predicted octanol–water partition coefficient (Wildman–Crippen LogP) is 16.9. The molecule has 498 valence electrons. The van der Waals surface area contributed by atoms with Crippen molar-refractivity contribution in [2.75, 3.05) is 26.2 Å². The number of para-hydroxylation sites is 1. The predicted molar refractivity (Wildman–Crippen MR) is 370 cm³/mol. The molecule has 4 saturated heterocycles.